The topological polar surface area (TPSA) is 55.6 Å². The number of hydrogen-bond acceptors (Lipinski definition) is 3. The van der Waals surface area contributed by atoms with E-state index in [1.807, 2.05) is 24.3 Å². The largest absolute Gasteiger partial charge is 0.481 e. The molecule has 0 aliphatic rings. The molecule has 0 aliphatic carbocycles. The lowest BCUT2D eigenvalue weighted by molar-refractivity contribution is -0.135. The Kier molecular flexibility index (Phi) is 5.09. The van der Waals surface area contributed by atoms with Crippen LogP contribution < -0.4 is 10.5 Å². The van der Waals surface area contributed by atoms with E-state index in [0.717, 1.165) is 5.56 Å². The quantitative estimate of drug-likeness (QED) is 0.818. The highest BCUT2D eigenvalue weighted by molar-refractivity contribution is 7.80. The van der Waals surface area contributed by atoms with Crippen molar-refractivity contribution in [1.82, 2.24) is 4.90 Å². The fourth-order valence-corrected chi connectivity index (χ4v) is 1.67. The summed E-state index contributed by atoms with van der Waals surface area (Å²) in [5.41, 5.74) is 6.50. The summed E-state index contributed by atoms with van der Waals surface area (Å²) < 4.78 is 5.54. The third-order valence-corrected chi connectivity index (χ3v) is 2.55. The van der Waals surface area contributed by atoms with Gasteiger partial charge in [0, 0.05) is 20.5 Å². The van der Waals surface area contributed by atoms with E-state index in [0.29, 0.717) is 17.2 Å². The van der Waals surface area contributed by atoms with Crippen LogP contribution in [0.4, 0.5) is 0 Å². The molecule has 0 radical (unpaired) electrons. The number of ether oxygens (including phenoxy) is 1. The first kappa shape index (κ1) is 14.4. The average Bonchev–Trinajstić information content (AvgIpc) is 2.29. The Morgan fingerprint density at radius 1 is 1.39 bits per heavy atom. The lowest BCUT2D eigenvalue weighted by Crippen LogP contribution is -2.35. The summed E-state index contributed by atoms with van der Waals surface area (Å²) in [5.74, 6) is 0.589. The number of thiocarbonyl (C=S) groups is 1. The van der Waals surface area contributed by atoms with Crippen LogP contribution in [0.3, 0.4) is 0 Å². The van der Waals surface area contributed by atoms with Crippen LogP contribution in [0.25, 0.3) is 0 Å². The second-order valence-corrected chi connectivity index (χ2v) is 4.80. The predicted octanol–water partition coefficient (Wildman–Crippen LogP) is 1.37. The van der Waals surface area contributed by atoms with Crippen molar-refractivity contribution in [3.8, 4) is 5.75 Å². The highest BCUT2D eigenvalue weighted by Crippen LogP contribution is 2.14. The summed E-state index contributed by atoms with van der Waals surface area (Å²) in [6.07, 6.45) is 0.0726. The number of amides is 1. The fraction of sp³-hybridized carbons (Fsp3) is 0.385. The molecule has 0 aromatic heterocycles. The van der Waals surface area contributed by atoms with Gasteiger partial charge in [0.25, 0.3) is 5.91 Å². The molecule has 18 heavy (non-hydrogen) atoms. The Hall–Kier alpha value is -1.62. The number of nitrogens with two attached hydrogens (primary N) is 1. The normalized spacial score (nSPS) is 11.7. The molecule has 1 rings (SSSR count). The maximum Gasteiger partial charge on any atom is 0.262 e. The lowest BCUT2D eigenvalue weighted by atomic mass is 10.1. The number of hydrogen-bond donors (Lipinski definition) is 1. The van der Waals surface area contributed by atoms with Gasteiger partial charge in [-0.1, -0.05) is 24.4 Å². The zero-order valence-corrected chi connectivity index (χ0v) is 11.7. The van der Waals surface area contributed by atoms with Gasteiger partial charge >= 0.3 is 0 Å². The van der Waals surface area contributed by atoms with Crippen LogP contribution in [0.2, 0.25) is 0 Å². The highest BCUT2D eigenvalue weighted by atomic mass is 32.1. The van der Waals surface area contributed by atoms with Crippen LogP contribution >= 0.6 is 12.2 Å². The van der Waals surface area contributed by atoms with Gasteiger partial charge in [-0.15, -0.1) is 0 Å². The van der Waals surface area contributed by atoms with Crippen LogP contribution in [0.1, 0.15) is 12.5 Å². The van der Waals surface area contributed by atoms with Crippen molar-refractivity contribution in [3.63, 3.8) is 0 Å². The van der Waals surface area contributed by atoms with Gasteiger partial charge in [0.2, 0.25) is 0 Å². The summed E-state index contributed by atoms with van der Waals surface area (Å²) in [7, 11) is 3.40. The van der Waals surface area contributed by atoms with E-state index in [9.17, 15) is 4.79 Å². The molecule has 2 N–H and O–H groups in total. The average molecular weight is 266 g/mol. The molecule has 0 fully saturated rings. The zero-order valence-electron chi connectivity index (χ0n) is 10.8. The van der Waals surface area contributed by atoms with Gasteiger partial charge in [0.15, 0.2) is 6.10 Å². The summed E-state index contributed by atoms with van der Waals surface area (Å²) in [5, 5.41) is 0. The molecule has 0 aliphatic heterocycles. The van der Waals surface area contributed by atoms with Crippen molar-refractivity contribution in [2.75, 3.05) is 14.1 Å². The Balaban J connectivity index is 2.63. The fourth-order valence-electron chi connectivity index (χ4n) is 1.51. The summed E-state index contributed by atoms with van der Waals surface area (Å²) in [4.78, 5) is 13.6. The van der Waals surface area contributed by atoms with Crippen molar-refractivity contribution in [2.45, 2.75) is 19.4 Å². The maximum atomic E-state index is 11.6. The highest BCUT2D eigenvalue weighted by Gasteiger charge is 2.16. The number of carbonyl (C=O) groups is 1. The molecular formula is C13H18N2O2S. The van der Waals surface area contributed by atoms with Crippen LogP contribution in [0.5, 0.6) is 5.75 Å². The third-order valence-electron chi connectivity index (χ3n) is 2.40. The lowest BCUT2D eigenvalue weighted by Gasteiger charge is -2.18. The van der Waals surface area contributed by atoms with Gasteiger partial charge in [-0.25, -0.2) is 0 Å². The molecule has 0 heterocycles. The van der Waals surface area contributed by atoms with Crippen molar-refractivity contribution < 1.29 is 9.53 Å². The Morgan fingerprint density at radius 3 is 2.39 bits per heavy atom. The first-order chi connectivity index (χ1) is 8.40. The summed E-state index contributed by atoms with van der Waals surface area (Å²) in [6, 6.07) is 7.41. The minimum Gasteiger partial charge on any atom is -0.481 e. The van der Waals surface area contributed by atoms with Crippen LogP contribution in [0.15, 0.2) is 24.3 Å². The van der Waals surface area contributed by atoms with Crippen LogP contribution in [-0.2, 0) is 11.2 Å². The smallest absolute Gasteiger partial charge is 0.262 e. The standard InChI is InChI=1S/C13H18N2O2S/c1-9(13(16)15(2)3)17-11-6-4-10(5-7-11)8-12(14)18/h4-7,9H,8H2,1-3H3,(H2,14,18). The second-order valence-electron chi connectivity index (χ2n) is 4.28. The molecule has 0 saturated carbocycles. The number of likely N-dealkylation sites (N-methyl/N-ethyl adjacent to an activating group) is 1. The monoisotopic (exact) mass is 266 g/mol. The minimum atomic E-state index is -0.499. The zero-order chi connectivity index (χ0) is 13.7. The molecule has 0 bridgehead atoms. The molecule has 0 spiro atoms. The third kappa shape index (κ3) is 4.33. The van der Waals surface area contributed by atoms with E-state index in [-0.39, 0.29) is 5.91 Å². The Labute approximate surface area is 113 Å². The molecule has 1 unspecified atom stereocenters. The molecule has 1 atom stereocenters. The van der Waals surface area contributed by atoms with Gasteiger partial charge in [0.05, 0.1) is 4.99 Å². The summed E-state index contributed by atoms with van der Waals surface area (Å²) in [6.45, 7) is 1.73. The van der Waals surface area contributed by atoms with Gasteiger partial charge < -0.3 is 15.4 Å². The Morgan fingerprint density at radius 2 is 1.94 bits per heavy atom. The van der Waals surface area contributed by atoms with Crippen LogP contribution in [-0.4, -0.2) is 36.0 Å². The summed E-state index contributed by atoms with van der Waals surface area (Å²) >= 11 is 4.84. The van der Waals surface area contributed by atoms with Gasteiger partial charge in [0.1, 0.15) is 5.75 Å². The van der Waals surface area contributed by atoms with E-state index in [1.54, 1.807) is 21.0 Å². The first-order valence-electron chi connectivity index (χ1n) is 5.65. The SMILES string of the molecule is CC(Oc1ccc(CC(N)=S)cc1)C(=O)N(C)C. The Bertz CT molecular complexity index is 429. The van der Waals surface area contributed by atoms with Crippen molar-refractivity contribution in [1.29, 1.82) is 0 Å². The van der Waals surface area contributed by atoms with E-state index in [2.05, 4.69) is 0 Å². The van der Waals surface area contributed by atoms with Crippen molar-refractivity contribution in [3.05, 3.63) is 29.8 Å². The van der Waals surface area contributed by atoms with E-state index in [4.69, 9.17) is 22.7 Å². The second kappa shape index (κ2) is 6.35. The number of nitrogens with zero attached hydrogens (tertiary/aromatic N) is 1. The molecular weight excluding hydrogens is 248 g/mol. The van der Waals surface area contributed by atoms with E-state index in [1.165, 1.54) is 4.90 Å². The van der Waals surface area contributed by atoms with Crippen molar-refractivity contribution >= 4 is 23.1 Å². The number of benzene rings is 1. The first-order valence-corrected chi connectivity index (χ1v) is 6.06. The number of carbonyl (C=O) groups excluding carboxylic acids is 1. The molecule has 1 aromatic carbocycles. The molecule has 0 saturated heterocycles. The van der Waals surface area contributed by atoms with Gasteiger partial charge in [-0.3, -0.25) is 4.79 Å². The molecule has 5 heteroatoms. The van der Waals surface area contributed by atoms with Crippen molar-refractivity contribution in [2.24, 2.45) is 5.73 Å². The molecule has 4 nitrogen and oxygen atoms in total. The van der Waals surface area contributed by atoms with Crippen LogP contribution in [0, 0.1) is 0 Å². The predicted molar refractivity (Wildman–Crippen MR) is 75.7 cm³/mol. The maximum absolute atomic E-state index is 11.6. The molecule has 98 valence electrons. The molecule has 1 aromatic rings. The van der Waals surface area contributed by atoms with E-state index >= 15 is 0 Å². The van der Waals surface area contributed by atoms with E-state index < -0.39 is 6.10 Å². The number of rotatable bonds is 5. The van der Waals surface area contributed by atoms with Gasteiger partial charge in [-0.05, 0) is 24.6 Å². The molecule has 1 amide bonds. The van der Waals surface area contributed by atoms with Gasteiger partial charge in [-0.2, -0.15) is 0 Å². The minimum absolute atomic E-state index is 0.0674.